The Hall–Kier alpha value is -2.74. The fourth-order valence-electron chi connectivity index (χ4n) is 3.96. The van der Waals surface area contributed by atoms with Crippen molar-refractivity contribution in [2.24, 2.45) is 0 Å². The largest absolute Gasteiger partial charge is 0.381 e. The monoisotopic (exact) mass is 371 g/mol. The Bertz CT molecular complexity index is 831. The lowest BCUT2D eigenvalue weighted by Gasteiger charge is -2.33. The third-order valence-electron chi connectivity index (χ3n) is 5.57. The highest BCUT2D eigenvalue weighted by molar-refractivity contribution is 6.23. The number of carbonyl (C=O) groups is 4. The zero-order valence-electron chi connectivity index (χ0n) is 15.1. The fraction of sp³-hybridized carbons (Fsp3) is 0.474. The van der Waals surface area contributed by atoms with E-state index >= 15 is 0 Å². The zero-order chi connectivity index (χ0) is 19.1. The number of hydrogen-bond donors (Lipinski definition) is 1. The number of benzene rings is 1. The Morgan fingerprint density at radius 2 is 1.74 bits per heavy atom. The van der Waals surface area contributed by atoms with E-state index in [1.165, 1.54) is 0 Å². The number of carbonyl (C=O) groups excluding carboxylic acids is 4. The van der Waals surface area contributed by atoms with Crippen molar-refractivity contribution in [3.05, 3.63) is 29.3 Å². The van der Waals surface area contributed by atoms with Gasteiger partial charge in [0.1, 0.15) is 6.04 Å². The van der Waals surface area contributed by atoms with Gasteiger partial charge >= 0.3 is 0 Å². The first kappa shape index (κ1) is 17.7. The molecule has 3 heterocycles. The van der Waals surface area contributed by atoms with Crippen LogP contribution in [0.15, 0.2) is 18.2 Å². The second-order valence-electron chi connectivity index (χ2n) is 7.13. The number of anilines is 1. The maximum absolute atomic E-state index is 12.9. The minimum atomic E-state index is -0.938. The molecule has 0 spiro atoms. The van der Waals surface area contributed by atoms with Crippen LogP contribution in [0.25, 0.3) is 0 Å². The van der Waals surface area contributed by atoms with Crippen molar-refractivity contribution in [2.45, 2.75) is 37.8 Å². The van der Waals surface area contributed by atoms with E-state index in [0.29, 0.717) is 30.4 Å². The summed E-state index contributed by atoms with van der Waals surface area (Å²) in [6.07, 6.45) is 2.08. The molecule has 1 aromatic rings. The van der Waals surface area contributed by atoms with Crippen LogP contribution in [-0.2, 0) is 14.3 Å². The number of piperidine rings is 1. The summed E-state index contributed by atoms with van der Waals surface area (Å²) in [4.78, 5) is 52.2. The SMILES string of the molecule is CN(c1ccc2c(c1)C(=O)N(C1CCC(=O)NC1=O)C2=O)C1CCOCC1. The number of ether oxygens (including phenoxy) is 1. The molecule has 3 aliphatic rings. The van der Waals surface area contributed by atoms with Crippen molar-refractivity contribution in [3.8, 4) is 0 Å². The number of hydrogen-bond acceptors (Lipinski definition) is 6. The number of nitrogens with one attached hydrogen (secondary N) is 1. The molecule has 8 nitrogen and oxygen atoms in total. The fourth-order valence-corrected chi connectivity index (χ4v) is 3.96. The smallest absolute Gasteiger partial charge is 0.262 e. The average Bonchev–Trinajstić information content (AvgIpc) is 2.92. The quantitative estimate of drug-likeness (QED) is 0.786. The number of fused-ring (bicyclic) bond motifs is 1. The highest BCUT2D eigenvalue weighted by atomic mass is 16.5. The molecular weight excluding hydrogens is 350 g/mol. The van der Waals surface area contributed by atoms with Crippen LogP contribution in [0.3, 0.4) is 0 Å². The summed E-state index contributed by atoms with van der Waals surface area (Å²) in [5.74, 6) is -1.94. The molecular formula is C19H21N3O5. The molecule has 1 unspecified atom stereocenters. The first-order valence-electron chi connectivity index (χ1n) is 9.13. The first-order valence-corrected chi connectivity index (χ1v) is 9.13. The molecule has 4 amide bonds. The lowest BCUT2D eigenvalue weighted by molar-refractivity contribution is -0.136. The molecule has 0 aromatic heterocycles. The van der Waals surface area contributed by atoms with Crippen molar-refractivity contribution in [1.82, 2.24) is 10.2 Å². The van der Waals surface area contributed by atoms with E-state index in [1.807, 2.05) is 13.1 Å². The van der Waals surface area contributed by atoms with Gasteiger partial charge in [0.25, 0.3) is 11.8 Å². The molecule has 0 radical (unpaired) electrons. The van der Waals surface area contributed by atoms with Crippen LogP contribution in [0.5, 0.6) is 0 Å². The van der Waals surface area contributed by atoms with Crippen LogP contribution in [0.2, 0.25) is 0 Å². The highest BCUT2D eigenvalue weighted by Gasteiger charge is 2.44. The lowest BCUT2D eigenvalue weighted by atomic mass is 10.0. The van der Waals surface area contributed by atoms with E-state index in [1.54, 1.807) is 12.1 Å². The molecule has 0 aliphatic carbocycles. The molecule has 1 atom stereocenters. The van der Waals surface area contributed by atoms with E-state index in [-0.39, 0.29) is 18.7 Å². The average molecular weight is 371 g/mol. The van der Waals surface area contributed by atoms with Gasteiger partial charge in [0.05, 0.1) is 11.1 Å². The van der Waals surface area contributed by atoms with Crippen molar-refractivity contribution in [2.75, 3.05) is 25.2 Å². The van der Waals surface area contributed by atoms with Crippen molar-refractivity contribution >= 4 is 29.3 Å². The van der Waals surface area contributed by atoms with Crippen LogP contribution in [-0.4, -0.2) is 60.9 Å². The third kappa shape index (κ3) is 2.99. The van der Waals surface area contributed by atoms with Crippen LogP contribution in [0.1, 0.15) is 46.4 Å². The minimum Gasteiger partial charge on any atom is -0.381 e. The Labute approximate surface area is 156 Å². The van der Waals surface area contributed by atoms with Gasteiger partial charge in [-0.2, -0.15) is 0 Å². The number of rotatable bonds is 3. The summed E-state index contributed by atoms with van der Waals surface area (Å²) in [6.45, 7) is 1.42. The maximum atomic E-state index is 12.9. The van der Waals surface area contributed by atoms with Gasteiger partial charge in [-0.1, -0.05) is 0 Å². The Morgan fingerprint density at radius 1 is 1.04 bits per heavy atom. The second-order valence-corrected chi connectivity index (χ2v) is 7.13. The molecule has 3 aliphatic heterocycles. The van der Waals surface area contributed by atoms with Gasteiger partial charge in [-0.3, -0.25) is 29.4 Å². The highest BCUT2D eigenvalue weighted by Crippen LogP contribution is 2.31. The maximum Gasteiger partial charge on any atom is 0.262 e. The van der Waals surface area contributed by atoms with E-state index < -0.39 is 23.8 Å². The Balaban J connectivity index is 1.60. The van der Waals surface area contributed by atoms with Crippen LogP contribution in [0.4, 0.5) is 5.69 Å². The molecule has 0 bridgehead atoms. The van der Waals surface area contributed by atoms with E-state index in [9.17, 15) is 19.2 Å². The molecule has 27 heavy (non-hydrogen) atoms. The summed E-state index contributed by atoms with van der Waals surface area (Å²) in [7, 11) is 1.97. The molecule has 0 saturated carbocycles. The van der Waals surface area contributed by atoms with Gasteiger partial charge in [0.2, 0.25) is 11.8 Å². The van der Waals surface area contributed by atoms with Gasteiger partial charge < -0.3 is 9.64 Å². The van der Waals surface area contributed by atoms with Gasteiger partial charge in [-0.05, 0) is 37.5 Å². The Morgan fingerprint density at radius 3 is 2.44 bits per heavy atom. The topological polar surface area (TPSA) is 96.0 Å². The summed E-state index contributed by atoms with van der Waals surface area (Å²) >= 11 is 0. The van der Waals surface area contributed by atoms with Crippen LogP contribution in [0, 0.1) is 0 Å². The predicted molar refractivity (Wildman–Crippen MR) is 95.4 cm³/mol. The van der Waals surface area contributed by atoms with E-state index in [0.717, 1.165) is 23.4 Å². The van der Waals surface area contributed by atoms with Crippen molar-refractivity contribution < 1.29 is 23.9 Å². The van der Waals surface area contributed by atoms with Crippen molar-refractivity contribution in [1.29, 1.82) is 0 Å². The molecule has 1 N–H and O–H groups in total. The molecule has 4 rings (SSSR count). The third-order valence-corrected chi connectivity index (χ3v) is 5.57. The summed E-state index contributed by atoms with van der Waals surface area (Å²) in [5.41, 5.74) is 1.46. The summed E-state index contributed by atoms with van der Waals surface area (Å²) in [6, 6.07) is 4.57. The second kappa shape index (κ2) is 6.77. The van der Waals surface area contributed by atoms with Gasteiger partial charge in [-0.15, -0.1) is 0 Å². The summed E-state index contributed by atoms with van der Waals surface area (Å²) in [5, 5.41) is 2.20. The molecule has 142 valence electrons. The molecule has 2 saturated heterocycles. The molecule has 1 aromatic carbocycles. The predicted octanol–water partition coefficient (Wildman–Crippen LogP) is 0.703. The molecule has 2 fully saturated rings. The van der Waals surface area contributed by atoms with Crippen LogP contribution < -0.4 is 10.2 Å². The van der Waals surface area contributed by atoms with E-state index in [4.69, 9.17) is 4.74 Å². The molecule has 8 heteroatoms. The first-order chi connectivity index (χ1) is 13.0. The zero-order valence-corrected chi connectivity index (χ0v) is 15.1. The minimum absolute atomic E-state index is 0.113. The number of nitrogens with zero attached hydrogens (tertiary/aromatic N) is 2. The normalized spacial score (nSPS) is 23.4. The van der Waals surface area contributed by atoms with E-state index in [2.05, 4.69) is 10.2 Å². The Kier molecular flexibility index (Phi) is 4.43. The van der Waals surface area contributed by atoms with Gasteiger partial charge in [0.15, 0.2) is 0 Å². The van der Waals surface area contributed by atoms with Crippen LogP contribution >= 0.6 is 0 Å². The summed E-state index contributed by atoms with van der Waals surface area (Å²) < 4.78 is 5.40. The standard InChI is InChI=1S/C19H21N3O5/c1-21(11-6-8-27-9-7-11)12-2-3-13-14(10-12)19(26)22(18(13)25)15-4-5-16(23)20-17(15)24/h2-3,10-11,15H,4-9H2,1H3,(H,20,23,24). The van der Waals surface area contributed by atoms with Crippen molar-refractivity contribution in [3.63, 3.8) is 0 Å². The number of imide groups is 2. The lowest BCUT2D eigenvalue weighted by Crippen LogP contribution is -2.54. The van der Waals surface area contributed by atoms with Gasteiger partial charge in [-0.25, -0.2) is 0 Å². The number of amides is 4. The van der Waals surface area contributed by atoms with Gasteiger partial charge in [0, 0.05) is 38.4 Å².